The second-order valence-corrected chi connectivity index (χ2v) is 35.8. The topological polar surface area (TPSA) is 237 Å². The number of phosphoric acid groups is 2. The van der Waals surface area contributed by atoms with Crippen molar-refractivity contribution in [1.29, 1.82) is 0 Å². The number of phosphoric ester groups is 2. The predicted molar refractivity (Wildman–Crippen MR) is 446 cm³/mol. The molecule has 3 N–H and O–H groups in total. The maximum absolute atomic E-state index is 13.2. The molecular weight excluding hydrogens is 1400 g/mol. The first-order valence-electron chi connectivity index (χ1n) is 46.0. The summed E-state index contributed by atoms with van der Waals surface area (Å²) < 4.78 is 68.9. The van der Waals surface area contributed by atoms with Crippen LogP contribution in [-0.4, -0.2) is 96.7 Å². The summed E-state index contributed by atoms with van der Waals surface area (Å²) in [6.07, 6.45) is 74.1. The van der Waals surface area contributed by atoms with Gasteiger partial charge in [0.15, 0.2) is 12.2 Å². The van der Waals surface area contributed by atoms with Crippen molar-refractivity contribution in [3.05, 3.63) is 0 Å². The SMILES string of the molecule is CCCCCCCCCCCCCCCCCCCCCCCCC(=O)OC[C@H](COP(=O)(O)OC[C@@H](O)COP(=O)(O)OC[C@@H](COC(=O)CCCCCCCCC(C)C)OC(=O)CCCCCCCCCCCCCCC(C)C)OC(=O)CCCCCCCCCCCCCCCCCCCCCCCC. The Morgan fingerprint density at radius 2 is 0.426 bits per heavy atom. The van der Waals surface area contributed by atoms with Gasteiger partial charge in [0.1, 0.15) is 19.3 Å². The van der Waals surface area contributed by atoms with Gasteiger partial charge in [-0.15, -0.1) is 0 Å². The molecule has 0 saturated carbocycles. The minimum Gasteiger partial charge on any atom is -0.462 e. The molecule has 17 nitrogen and oxygen atoms in total. The second kappa shape index (κ2) is 80.3. The van der Waals surface area contributed by atoms with E-state index in [1.54, 1.807) is 0 Å². The Balaban J connectivity index is 5.18. The molecule has 0 amide bonds. The molecule has 0 bridgehead atoms. The van der Waals surface area contributed by atoms with E-state index >= 15 is 0 Å². The van der Waals surface area contributed by atoms with E-state index in [1.165, 1.54) is 289 Å². The van der Waals surface area contributed by atoms with Crippen molar-refractivity contribution in [1.82, 2.24) is 0 Å². The number of rotatable bonds is 88. The van der Waals surface area contributed by atoms with Crippen molar-refractivity contribution in [2.45, 2.75) is 496 Å². The van der Waals surface area contributed by atoms with Gasteiger partial charge in [0.25, 0.3) is 0 Å². The summed E-state index contributed by atoms with van der Waals surface area (Å²) in [6.45, 7) is 9.60. The molecule has 0 aromatic carbocycles. The molecule has 108 heavy (non-hydrogen) atoms. The van der Waals surface area contributed by atoms with Crippen molar-refractivity contribution in [3.63, 3.8) is 0 Å². The van der Waals surface area contributed by atoms with Gasteiger partial charge in [-0.05, 0) is 37.5 Å². The minimum atomic E-state index is -4.97. The lowest BCUT2D eigenvalue weighted by atomic mass is 10.0. The van der Waals surface area contributed by atoms with Gasteiger partial charge in [-0.2, -0.15) is 0 Å². The first-order chi connectivity index (χ1) is 52.4. The van der Waals surface area contributed by atoms with E-state index in [9.17, 15) is 43.2 Å². The molecule has 642 valence electrons. The van der Waals surface area contributed by atoms with Gasteiger partial charge in [-0.1, -0.05) is 427 Å². The summed E-state index contributed by atoms with van der Waals surface area (Å²) in [6, 6.07) is 0. The van der Waals surface area contributed by atoms with Crippen LogP contribution in [-0.2, 0) is 65.4 Å². The van der Waals surface area contributed by atoms with Gasteiger partial charge in [0.2, 0.25) is 0 Å². The summed E-state index contributed by atoms with van der Waals surface area (Å²) in [7, 11) is -9.93. The highest BCUT2D eigenvalue weighted by Crippen LogP contribution is 2.45. The van der Waals surface area contributed by atoms with Crippen LogP contribution in [0.4, 0.5) is 0 Å². The van der Waals surface area contributed by atoms with Crippen molar-refractivity contribution in [3.8, 4) is 0 Å². The number of ether oxygens (including phenoxy) is 4. The minimum absolute atomic E-state index is 0.106. The molecule has 0 saturated heterocycles. The van der Waals surface area contributed by atoms with E-state index in [4.69, 9.17) is 37.0 Å². The van der Waals surface area contributed by atoms with Gasteiger partial charge in [0.05, 0.1) is 26.4 Å². The van der Waals surface area contributed by atoms with Crippen molar-refractivity contribution in [2.75, 3.05) is 39.6 Å². The maximum atomic E-state index is 13.2. The molecule has 2 unspecified atom stereocenters. The van der Waals surface area contributed by atoms with Gasteiger partial charge in [0, 0.05) is 25.7 Å². The third-order valence-electron chi connectivity index (χ3n) is 21.0. The number of esters is 4. The van der Waals surface area contributed by atoms with Crippen LogP contribution in [0.1, 0.15) is 478 Å². The first kappa shape index (κ1) is 106. The zero-order valence-corrected chi connectivity index (χ0v) is 73.0. The summed E-state index contributed by atoms with van der Waals surface area (Å²) >= 11 is 0. The monoisotopic (exact) mass is 1580 g/mol. The summed E-state index contributed by atoms with van der Waals surface area (Å²) in [4.78, 5) is 73.2. The highest BCUT2D eigenvalue weighted by molar-refractivity contribution is 7.47. The number of hydrogen-bond donors (Lipinski definition) is 3. The number of aliphatic hydroxyl groups is 1. The zero-order chi connectivity index (χ0) is 79.2. The molecule has 0 fully saturated rings. The predicted octanol–water partition coefficient (Wildman–Crippen LogP) is 27.4. The van der Waals surface area contributed by atoms with E-state index < -0.39 is 97.5 Å². The Hall–Kier alpha value is -1.94. The molecule has 19 heteroatoms. The van der Waals surface area contributed by atoms with Crippen LogP contribution in [0.5, 0.6) is 0 Å². The zero-order valence-electron chi connectivity index (χ0n) is 71.2. The molecule has 0 radical (unpaired) electrons. The van der Waals surface area contributed by atoms with E-state index in [0.717, 1.165) is 102 Å². The summed E-state index contributed by atoms with van der Waals surface area (Å²) in [5.74, 6) is -0.648. The van der Waals surface area contributed by atoms with Crippen LogP contribution < -0.4 is 0 Å². The van der Waals surface area contributed by atoms with Gasteiger partial charge in [-0.3, -0.25) is 37.3 Å². The quantitative estimate of drug-likeness (QED) is 0.0222. The molecule has 0 aliphatic rings. The Labute approximate surface area is 664 Å². The molecule has 0 spiro atoms. The van der Waals surface area contributed by atoms with Crippen LogP contribution >= 0.6 is 15.6 Å². The van der Waals surface area contributed by atoms with Crippen LogP contribution in [0, 0.1) is 11.8 Å². The highest BCUT2D eigenvalue weighted by atomic mass is 31.2. The molecule has 0 aliphatic carbocycles. The molecular formula is C89H174O17P2. The number of carbonyl (C=O) groups excluding carboxylic acids is 4. The lowest BCUT2D eigenvalue weighted by molar-refractivity contribution is -0.161. The van der Waals surface area contributed by atoms with E-state index in [1.807, 2.05) is 0 Å². The molecule has 5 atom stereocenters. The largest absolute Gasteiger partial charge is 0.472 e. The molecule has 0 aromatic rings. The fourth-order valence-corrected chi connectivity index (χ4v) is 15.5. The van der Waals surface area contributed by atoms with Gasteiger partial charge >= 0.3 is 39.5 Å². The van der Waals surface area contributed by atoms with E-state index in [0.29, 0.717) is 31.6 Å². The van der Waals surface area contributed by atoms with Crippen LogP contribution in [0.2, 0.25) is 0 Å². The third-order valence-corrected chi connectivity index (χ3v) is 22.9. The van der Waals surface area contributed by atoms with E-state index in [2.05, 4.69) is 41.5 Å². The number of carbonyl (C=O) groups is 4. The summed E-state index contributed by atoms with van der Waals surface area (Å²) in [5.41, 5.74) is 0. The fourth-order valence-electron chi connectivity index (χ4n) is 14.0. The molecule has 0 aromatic heterocycles. The standard InChI is InChI=1S/C89H174O17P2/c1-7-9-11-13-15-17-19-21-23-25-27-29-31-33-35-37-39-44-48-52-59-65-71-86(91)99-77-84(105-88(93)73-67-61-53-49-45-40-38-36-34-32-30-28-26-24-22-20-18-16-14-12-10-8-2)79-103-107(95,96)101-75-83(90)76-102-108(97,98)104-80-85(78-100-87(92)72-66-60-56-55-58-64-70-82(5)6)106-89(94)74-68-62-54-50-46-42-41-43-47-51-57-63-69-81(3)4/h81-85,90H,7-80H2,1-6H3,(H,95,96)(H,97,98)/t83-,84-,85-/m1/s1. The lowest BCUT2D eigenvalue weighted by Gasteiger charge is -2.21. The number of unbranched alkanes of at least 4 members (excludes halogenated alkanes) is 58. The van der Waals surface area contributed by atoms with Gasteiger partial charge in [-0.25, -0.2) is 9.13 Å². The molecule has 0 rings (SSSR count). The Morgan fingerprint density at radius 1 is 0.250 bits per heavy atom. The van der Waals surface area contributed by atoms with E-state index in [-0.39, 0.29) is 25.7 Å². The summed E-state index contributed by atoms with van der Waals surface area (Å²) in [5, 5.41) is 10.7. The molecule has 0 aliphatic heterocycles. The number of hydrogen-bond acceptors (Lipinski definition) is 15. The highest BCUT2D eigenvalue weighted by Gasteiger charge is 2.31. The van der Waals surface area contributed by atoms with Crippen molar-refractivity contribution < 1.29 is 80.2 Å². The molecule has 0 heterocycles. The number of aliphatic hydroxyl groups excluding tert-OH is 1. The Bertz CT molecular complexity index is 2060. The average molecular weight is 1580 g/mol. The van der Waals surface area contributed by atoms with Crippen LogP contribution in [0.15, 0.2) is 0 Å². The maximum Gasteiger partial charge on any atom is 0.472 e. The third kappa shape index (κ3) is 82.1. The Kier molecular flexibility index (Phi) is 78.8. The van der Waals surface area contributed by atoms with Crippen molar-refractivity contribution >= 4 is 39.5 Å². The van der Waals surface area contributed by atoms with Crippen LogP contribution in [0.25, 0.3) is 0 Å². The lowest BCUT2D eigenvalue weighted by Crippen LogP contribution is -2.30. The van der Waals surface area contributed by atoms with Gasteiger partial charge < -0.3 is 33.8 Å². The first-order valence-corrected chi connectivity index (χ1v) is 49.0. The average Bonchev–Trinajstić information content (AvgIpc) is 0.901. The second-order valence-electron chi connectivity index (χ2n) is 32.9. The normalized spacial score (nSPS) is 13.8. The fraction of sp³-hybridized carbons (Fsp3) is 0.955. The Morgan fingerprint density at radius 3 is 0.630 bits per heavy atom. The van der Waals surface area contributed by atoms with Crippen LogP contribution in [0.3, 0.4) is 0 Å². The smallest absolute Gasteiger partial charge is 0.462 e. The van der Waals surface area contributed by atoms with Crippen molar-refractivity contribution in [2.24, 2.45) is 11.8 Å².